The molecular weight excluding hydrogens is 318 g/mol. The summed E-state index contributed by atoms with van der Waals surface area (Å²) in [7, 11) is 0. The van der Waals surface area contributed by atoms with Gasteiger partial charge in [0.2, 0.25) is 5.91 Å². The molecule has 0 fully saturated rings. The number of carbonyl (C=O) groups is 1. The highest BCUT2D eigenvalue weighted by Gasteiger charge is 2.22. The second-order valence-electron chi connectivity index (χ2n) is 5.14. The van der Waals surface area contributed by atoms with Crippen LogP contribution in [0.5, 0.6) is 0 Å². The summed E-state index contributed by atoms with van der Waals surface area (Å²) in [4.78, 5) is 28.6. The van der Waals surface area contributed by atoms with Gasteiger partial charge in [-0.1, -0.05) is 17.7 Å². The normalized spacial score (nSPS) is 12.3. The fourth-order valence-electron chi connectivity index (χ4n) is 2.31. The molecule has 2 aromatic heterocycles. The van der Waals surface area contributed by atoms with Gasteiger partial charge >= 0.3 is 5.76 Å². The third kappa shape index (κ3) is 2.73. The predicted molar refractivity (Wildman–Crippen MR) is 87.8 cm³/mol. The predicted octanol–water partition coefficient (Wildman–Crippen LogP) is 3.15. The van der Waals surface area contributed by atoms with Crippen molar-refractivity contribution in [3.8, 4) is 0 Å². The maximum absolute atomic E-state index is 12.5. The van der Waals surface area contributed by atoms with Crippen LogP contribution in [0.1, 0.15) is 18.5 Å². The molecule has 0 aliphatic carbocycles. The number of nitrogens with zero attached hydrogens (tertiary/aromatic N) is 2. The zero-order valence-electron chi connectivity index (χ0n) is 12.5. The van der Waals surface area contributed by atoms with E-state index in [-0.39, 0.29) is 5.91 Å². The summed E-state index contributed by atoms with van der Waals surface area (Å²) in [6, 6.07) is 7.75. The van der Waals surface area contributed by atoms with Gasteiger partial charge in [0, 0.05) is 16.9 Å². The number of benzene rings is 1. The maximum Gasteiger partial charge on any atom is 0.421 e. The fourth-order valence-corrected chi connectivity index (χ4v) is 2.49. The number of hydrogen-bond donors (Lipinski definition) is 1. The van der Waals surface area contributed by atoms with Crippen molar-refractivity contribution in [3.63, 3.8) is 0 Å². The number of halogens is 1. The highest BCUT2D eigenvalue weighted by atomic mass is 35.5. The zero-order chi connectivity index (χ0) is 16.6. The molecule has 1 aromatic carbocycles. The minimum Gasteiger partial charge on any atom is -0.406 e. The first-order valence-electron chi connectivity index (χ1n) is 7.01. The molecule has 2 heterocycles. The van der Waals surface area contributed by atoms with Crippen molar-refractivity contribution in [2.45, 2.75) is 19.9 Å². The number of pyridine rings is 1. The van der Waals surface area contributed by atoms with Crippen molar-refractivity contribution in [1.29, 1.82) is 0 Å². The number of fused-ring (bicyclic) bond motifs is 1. The fraction of sp³-hybridized carbons (Fsp3) is 0.188. The topological polar surface area (TPSA) is 77.1 Å². The van der Waals surface area contributed by atoms with E-state index in [1.807, 2.05) is 6.92 Å². The van der Waals surface area contributed by atoms with E-state index >= 15 is 0 Å². The average molecular weight is 332 g/mol. The number of hydrogen-bond acceptors (Lipinski definition) is 4. The lowest BCUT2D eigenvalue weighted by molar-refractivity contribution is -0.118. The highest BCUT2D eigenvalue weighted by Crippen LogP contribution is 2.24. The van der Waals surface area contributed by atoms with E-state index in [1.54, 1.807) is 43.5 Å². The zero-order valence-corrected chi connectivity index (χ0v) is 13.3. The van der Waals surface area contributed by atoms with Crippen molar-refractivity contribution in [3.05, 3.63) is 57.7 Å². The van der Waals surface area contributed by atoms with Crippen LogP contribution in [0.4, 0.5) is 5.69 Å². The molecule has 3 aromatic rings. The summed E-state index contributed by atoms with van der Waals surface area (Å²) in [5.41, 5.74) is 2.04. The molecule has 0 radical (unpaired) electrons. The largest absolute Gasteiger partial charge is 0.421 e. The summed E-state index contributed by atoms with van der Waals surface area (Å²) >= 11 is 6.05. The molecule has 0 aliphatic rings. The van der Waals surface area contributed by atoms with Crippen LogP contribution in [0.25, 0.3) is 11.2 Å². The van der Waals surface area contributed by atoms with Crippen LogP contribution in [-0.2, 0) is 4.79 Å². The molecule has 0 saturated heterocycles. The lowest BCUT2D eigenvalue weighted by Gasteiger charge is -2.14. The number of nitrogens with one attached hydrogen (secondary N) is 1. The number of amides is 1. The van der Waals surface area contributed by atoms with Gasteiger partial charge in [0.05, 0.1) is 0 Å². The SMILES string of the molecule is Cc1c(Cl)cccc1NC(=O)C(C)n1c(=O)oc2cccnc21. The van der Waals surface area contributed by atoms with Crippen LogP contribution in [0, 0.1) is 6.92 Å². The van der Waals surface area contributed by atoms with E-state index in [4.69, 9.17) is 16.0 Å². The molecule has 23 heavy (non-hydrogen) atoms. The van der Waals surface area contributed by atoms with Gasteiger partial charge in [0.1, 0.15) is 6.04 Å². The van der Waals surface area contributed by atoms with E-state index < -0.39 is 11.8 Å². The Hall–Kier alpha value is -2.60. The van der Waals surface area contributed by atoms with E-state index in [9.17, 15) is 9.59 Å². The summed E-state index contributed by atoms with van der Waals surface area (Å²) in [5.74, 6) is -0.977. The van der Waals surface area contributed by atoms with Crippen LogP contribution >= 0.6 is 11.6 Å². The molecule has 1 unspecified atom stereocenters. The molecule has 0 saturated carbocycles. The Bertz CT molecular complexity index is 945. The second-order valence-corrected chi connectivity index (χ2v) is 5.55. The summed E-state index contributed by atoms with van der Waals surface area (Å²) in [6.07, 6.45) is 1.54. The number of rotatable bonds is 3. The minimum atomic E-state index is -0.781. The molecule has 118 valence electrons. The van der Waals surface area contributed by atoms with Crippen molar-refractivity contribution < 1.29 is 9.21 Å². The van der Waals surface area contributed by atoms with E-state index in [0.717, 1.165) is 5.56 Å². The second kappa shape index (κ2) is 5.89. The van der Waals surface area contributed by atoms with Gasteiger partial charge in [0.25, 0.3) is 0 Å². The molecule has 1 atom stereocenters. The van der Waals surface area contributed by atoms with Crippen LogP contribution in [0.15, 0.2) is 45.7 Å². The van der Waals surface area contributed by atoms with E-state index in [1.165, 1.54) is 4.57 Å². The number of oxazole rings is 1. The lowest BCUT2D eigenvalue weighted by Crippen LogP contribution is -2.29. The first kappa shape index (κ1) is 15.3. The molecular formula is C16H14ClN3O3. The van der Waals surface area contributed by atoms with Crippen LogP contribution in [0.2, 0.25) is 5.02 Å². The van der Waals surface area contributed by atoms with Crippen LogP contribution in [-0.4, -0.2) is 15.5 Å². The molecule has 0 aliphatic heterocycles. The monoisotopic (exact) mass is 331 g/mol. The standard InChI is InChI=1S/C16H14ClN3O3/c1-9-11(17)5-3-6-12(9)19-15(21)10(2)20-14-13(23-16(20)22)7-4-8-18-14/h3-8,10H,1-2H3,(H,19,21). The third-order valence-corrected chi connectivity index (χ3v) is 4.07. The quantitative estimate of drug-likeness (QED) is 0.799. The summed E-state index contributed by atoms with van der Waals surface area (Å²) < 4.78 is 6.33. The molecule has 0 spiro atoms. The van der Waals surface area contributed by atoms with Gasteiger partial charge in [-0.05, 0) is 43.7 Å². The van der Waals surface area contributed by atoms with Crippen LogP contribution in [0.3, 0.4) is 0 Å². The molecule has 1 amide bonds. The Balaban J connectivity index is 1.94. The smallest absolute Gasteiger partial charge is 0.406 e. The van der Waals surface area contributed by atoms with E-state index in [2.05, 4.69) is 10.3 Å². The van der Waals surface area contributed by atoms with Gasteiger partial charge in [-0.2, -0.15) is 0 Å². The molecule has 6 nitrogen and oxygen atoms in total. The van der Waals surface area contributed by atoms with Crippen molar-refractivity contribution in [2.75, 3.05) is 5.32 Å². The van der Waals surface area contributed by atoms with Gasteiger partial charge in [-0.15, -0.1) is 0 Å². The Morgan fingerprint density at radius 2 is 2.13 bits per heavy atom. The van der Waals surface area contributed by atoms with Gasteiger partial charge in [0.15, 0.2) is 11.2 Å². The van der Waals surface area contributed by atoms with Gasteiger partial charge in [-0.25, -0.2) is 14.3 Å². The summed E-state index contributed by atoms with van der Waals surface area (Å²) in [6.45, 7) is 3.42. The Morgan fingerprint density at radius 3 is 2.91 bits per heavy atom. The molecule has 1 N–H and O–H groups in total. The van der Waals surface area contributed by atoms with Crippen molar-refractivity contribution in [2.24, 2.45) is 0 Å². The van der Waals surface area contributed by atoms with E-state index in [0.29, 0.717) is 21.9 Å². The van der Waals surface area contributed by atoms with Crippen molar-refractivity contribution in [1.82, 2.24) is 9.55 Å². The van der Waals surface area contributed by atoms with Gasteiger partial charge < -0.3 is 9.73 Å². The molecule has 3 rings (SSSR count). The molecule has 0 bridgehead atoms. The van der Waals surface area contributed by atoms with Gasteiger partial charge in [-0.3, -0.25) is 4.79 Å². The first-order valence-corrected chi connectivity index (χ1v) is 7.39. The Morgan fingerprint density at radius 1 is 1.35 bits per heavy atom. The number of aromatic nitrogens is 2. The summed E-state index contributed by atoms with van der Waals surface area (Å²) in [5, 5.41) is 3.34. The Kier molecular flexibility index (Phi) is 3.92. The number of anilines is 1. The third-order valence-electron chi connectivity index (χ3n) is 3.67. The highest BCUT2D eigenvalue weighted by molar-refractivity contribution is 6.31. The lowest BCUT2D eigenvalue weighted by atomic mass is 10.2. The number of carbonyl (C=O) groups excluding carboxylic acids is 1. The average Bonchev–Trinajstić information content (AvgIpc) is 2.86. The van der Waals surface area contributed by atoms with Crippen molar-refractivity contribution >= 4 is 34.4 Å². The minimum absolute atomic E-state index is 0.336. The first-order chi connectivity index (χ1) is 11.0. The molecule has 7 heteroatoms. The van der Waals surface area contributed by atoms with Crippen LogP contribution < -0.4 is 11.1 Å². The Labute approximate surface area is 136 Å². The maximum atomic E-state index is 12.5.